The van der Waals surface area contributed by atoms with E-state index in [0.717, 1.165) is 18.1 Å². The molecule has 2 aromatic heterocycles. The van der Waals surface area contributed by atoms with Crippen molar-refractivity contribution in [1.82, 2.24) is 29.8 Å². The normalized spacial score (nSPS) is 10.8. The maximum absolute atomic E-state index is 4.17. The number of halogens is 1. The van der Waals surface area contributed by atoms with Gasteiger partial charge in [-0.05, 0) is 6.92 Å². The number of rotatable bonds is 4. The van der Waals surface area contributed by atoms with Gasteiger partial charge in [-0.3, -0.25) is 0 Å². The second kappa shape index (κ2) is 4.52. The lowest BCUT2D eigenvalue weighted by Crippen LogP contribution is -2.09. The Morgan fingerprint density at radius 3 is 3.00 bits per heavy atom. The van der Waals surface area contributed by atoms with Gasteiger partial charge in [-0.15, -0.1) is 5.10 Å². The summed E-state index contributed by atoms with van der Waals surface area (Å²) < 4.78 is 3.60. The lowest BCUT2D eigenvalue weighted by Gasteiger charge is -2.01. The van der Waals surface area contributed by atoms with Crippen LogP contribution in [0.1, 0.15) is 18.4 Å². The summed E-state index contributed by atoms with van der Waals surface area (Å²) in [6, 6.07) is 0. The molecule has 2 heterocycles. The zero-order chi connectivity index (χ0) is 10.7. The van der Waals surface area contributed by atoms with Crippen LogP contribution in [-0.2, 0) is 18.4 Å². The van der Waals surface area contributed by atoms with E-state index in [1.54, 1.807) is 11.0 Å². The van der Waals surface area contributed by atoms with E-state index in [4.69, 9.17) is 0 Å². The quantitative estimate of drug-likeness (QED) is 0.773. The molecule has 2 aromatic rings. The van der Waals surface area contributed by atoms with Gasteiger partial charge in [0, 0.05) is 18.1 Å². The number of aromatic nitrogens is 6. The molecule has 0 radical (unpaired) electrons. The van der Waals surface area contributed by atoms with Crippen LogP contribution in [0.25, 0.3) is 0 Å². The van der Waals surface area contributed by atoms with Crippen molar-refractivity contribution in [3.63, 3.8) is 0 Å². The Morgan fingerprint density at radius 2 is 2.33 bits per heavy atom. The molecule has 2 rings (SSSR count). The molecule has 0 fully saturated rings. The summed E-state index contributed by atoms with van der Waals surface area (Å²) in [6.07, 6.45) is 3.45. The minimum absolute atomic E-state index is 0.605. The van der Waals surface area contributed by atoms with Crippen molar-refractivity contribution in [2.24, 2.45) is 0 Å². The van der Waals surface area contributed by atoms with E-state index in [1.807, 2.05) is 17.8 Å². The molecule has 0 aromatic carbocycles. The van der Waals surface area contributed by atoms with Crippen LogP contribution in [0.5, 0.6) is 0 Å². The highest BCUT2D eigenvalue weighted by Gasteiger charge is 2.05. The fourth-order valence-corrected chi connectivity index (χ4v) is 1.55. The van der Waals surface area contributed by atoms with Gasteiger partial charge in [0.2, 0.25) is 0 Å². The zero-order valence-corrected chi connectivity index (χ0v) is 9.92. The second-order valence-corrected chi connectivity index (χ2v) is 3.59. The SMILES string of the molecule is CCn1ncnc1Cn1cc(CBr)nn1. The second-order valence-electron chi connectivity index (χ2n) is 3.03. The molecular formula is C8H11BrN6. The van der Waals surface area contributed by atoms with Crippen LogP contribution in [0.2, 0.25) is 0 Å². The van der Waals surface area contributed by atoms with E-state index in [2.05, 4.69) is 36.3 Å². The Hall–Kier alpha value is -1.24. The molecular weight excluding hydrogens is 260 g/mol. The van der Waals surface area contributed by atoms with E-state index in [-0.39, 0.29) is 0 Å². The summed E-state index contributed by atoms with van der Waals surface area (Å²) in [5.74, 6) is 0.892. The lowest BCUT2D eigenvalue weighted by molar-refractivity contribution is 0.557. The first kappa shape index (κ1) is 10.3. The topological polar surface area (TPSA) is 61.4 Å². The fraction of sp³-hybridized carbons (Fsp3) is 0.500. The molecule has 0 N–H and O–H groups in total. The van der Waals surface area contributed by atoms with Crippen molar-refractivity contribution in [2.75, 3.05) is 0 Å². The number of alkyl halides is 1. The van der Waals surface area contributed by atoms with E-state index in [0.29, 0.717) is 11.9 Å². The maximum atomic E-state index is 4.17. The Bertz CT molecular complexity index is 434. The first-order valence-electron chi connectivity index (χ1n) is 4.65. The average Bonchev–Trinajstić information content (AvgIpc) is 2.87. The van der Waals surface area contributed by atoms with Crippen LogP contribution in [0, 0.1) is 0 Å². The summed E-state index contributed by atoms with van der Waals surface area (Å²) >= 11 is 3.33. The smallest absolute Gasteiger partial charge is 0.148 e. The average molecular weight is 271 g/mol. The van der Waals surface area contributed by atoms with Crippen molar-refractivity contribution in [3.8, 4) is 0 Å². The summed E-state index contributed by atoms with van der Waals surface area (Å²) in [4.78, 5) is 4.17. The monoisotopic (exact) mass is 270 g/mol. The van der Waals surface area contributed by atoms with Crippen molar-refractivity contribution >= 4 is 15.9 Å². The maximum Gasteiger partial charge on any atom is 0.148 e. The van der Waals surface area contributed by atoms with Gasteiger partial charge < -0.3 is 0 Å². The Labute approximate surface area is 95.4 Å². The summed E-state index contributed by atoms with van der Waals surface area (Å²) in [5.41, 5.74) is 0.914. The molecule has 0 aliphatic carbocycles. The highest BCUT2D eigenvalue weighted by Crippen LogP contribution is 2.02. The van der Waals surface area contributed by atoms with Gasteiger partial charge in [-0.2, -0.15) is 5.10 Å². The third-order valence-corrected chi connectivity index (χ3v) is 2.60. The third kappa shape index (κ3) is 2.23. The molecule has 0 aliphatic rings. The molecule has 7 heteroatoms. The number of hydrogen-bond acceptors (Lipinski definition) is 4. The predicted molar refractivity (Wildman–Crippen MR) is 57.5 cm³/mol. The van der Waals surface area contributed by atoms with Gasteiger partial charge in [0.05, 0.1) is 5.69 Å². The number of hydrogen-bond donors (Lipinski definition) is 0. The molecule has 6 nitrogen and oxygen atoms in total. The Balaban J connectivity index is 2.14. The van der Waals surface area contributed by atoms with Crippen molar-refractivity contribution < 1.29 is 0 Å². The summed E-state index contributed by atoms with van der Waals surface area (Å²) in [7, 11) is 0. The summed E-state index contributed by atoms with van der Waals surface area (Å²) in [6.45, 7) is 3.45. The molecule has 0 amide bonds. The molecule has 15 heavy (non-hydrogen) atoms. The Morgan fingerprint density at radius 1 is 1.47 bits per heavy atom. The molecule has 0 saturated heterocycles. The zero-order valence-electron chi connectivity index (χ0n) is 8.34. The third-order valence-electron chi connectivity index (χ3n) is 2.02. The number of aryl methyl sites for hydroxylation is 1. The van der Waals surface area contributed by atoms with E-state index in [1.165, 1.54) is 0 Å². The molecule has 80 valence electrons. The van der Waals surface area contributed by atoms with Crippen LogP contribution < -0.4 is 0 Å². The molecule has 0 aliphatic heterocycles. The van der Waals surface area contributed by atoms with Crippen molar-refractivity contribution in [1.29, 1.82) is 0 Å². The largest absolute Gasteiger partial charge is 0.249 e. The minimum Gasteiger partial charge on any atom is -0.249 e. The first-order valence-corrected chi connectivity index (χ1v) is 5.77. The van der Waals surface area contributed by atoms with Crippen LogP contribution in [-0.4, -0.2) is 29.8 Å². The van der Waals surface area contributed by atoms with Crippen LogP contribution >= 0.6 is 15.9 Å². The summed E-state index contributed by atoms with van der Waals surface area (Å²) in [5, 5.41) is 12.8. The van der Waals surface area contributed by atoms with Crippen molar-refractivity contribution in [2.45, 2.75) is 25.3 Å². The fourth-order valence-electron chi connectivity index (χ4n) is 1.30. The van der Waals surface area contributed by atoms with Gasteiger partial charge in [0.1, 0.15) is 18.7 Å². The van der Waals surface area contributed by atoms with E-state index in [9.17, 15) is 0 Å². The molecule has 0 bridgehead atoms. The van der Waals surface area contributed by atoms with Gasteiger partial charge in [0.15, 0.2) is 0 Å². The van der Waals surface area contributed by atoms with Crippen LogP contribution in [0.15, 0.2) is 12.5 Å². The highest BCUT2D eigenvalue weighted by molar-refractivity contribution is 9.08. The standard InChI is InChI=1S/C8H11BrN6/c1-2-15-8(10-6-11-15)5-14-4-7(3-9)12-13-14/h4,6H,2-3,5H2,1H3. The Kier molecular flexibility index (Phi) is 3.10. The van der Waals surface area contributed by atoms with Gasteiger partial charge in [0.25, 0.3) is 0 Å². The van der Waals surface area contributed by atoms with Crippen LogP contribution in [0.3, 0.4) is 0 Å². The molecule has 0 unspecified atom stereocenters. The van der Waals surface area contributed by atoms with Gasteiger partial charge in [-0.1, -0.05) is 21.1 Å². The lowest BCUT2D eigenvalue weighted by atomic mass is 10.5. The highest BCUT2D eigenvalue weighted by atomic mass is 79.9. The van der Waals surface area contributed by atoms with E-state index < -0.39 is 0 Å². The minimum atomic E-state index is 0.605. The first-order chi connectivity index (χ1) is 7.33. The van der Waals surface area contributed by atoms with Crippen LogP contribution in [0.4, 0.5) is 0 Å². The molecule has 0 spiro atoms. The predicted octanol–water partition coefficient (Wildman–Crippen LogP) is 0.833. The molecule has 0 atom stereocenters. The number of nitrogens with zero attached hydrogens (tertiary/aromatic N) is 6. The van der Waals surface area contributed by atoms with Gasteiger partial charge >= 0.3 is 0 Å². The van der Waals surface area contributed by atoms with E-state index >= 15 is 0 Å². The van der Waals surface area contributed by atoms with Gasteiger partial charge in [-0.25, -0.2) is 14.3 Å². The molecule has 0 saturated carbocycles. The van der Waals surface area contributed by atoms with Crippen molar-refractivity contribution in [3.05, 3.63) is 24.0 Å².